The molecule has 2 N–H and O–H groups in total. The van der Waals surface area contributed by atoms with E-state index in [1.165, 1.54) is 0 Å². The molecule has 0 radical (unpaired) electrons. The lowest BCUT2D eigenvalue weighted by Crippen LogP contribution is -2.28. The molecule has 0 spiro atoms. The van der Waals surface area contributed by atoms with E-state index in [9.17, 15) is 9.59 Å². The van der Waals surface area contributed by atoms with Gasteiger partial charge < -0.3 is 15.2 Å². The van der Waals surface area contributed by atoms with Gasteiger partial charge in [0.15, 0.2) is 0 Å². The van der Waals surface area contributed by atoms with Crippen LogP contribution in [-0.2, 0) is 11.3 Å². The Morgan fingerprint density at radius 3 is 2.64 bits per heavy atom. The zero-order valence-electron chi connectivity index (χ0n) is 16.5. The van der Waals surface area contributed by atoms with E-state index in [1.807, 2.05) is 51.4 Å². The van der Waals surface area contributed by atoms with Gasteiger partial charge in [-0.25, -0.2) is 4.98 Å². The number of benzene rings is 2. The van der Waals surface area contributed by atoms with Crippen LogP contribution in [0.25, 0.3) is 11.0 Å². The van der Waals surface area contributed by atoms with Gasteiger partial charge in [-0.3, -0.25) is 9.59 Å². The van der Waals surface area contributed by atoms with Crippen LogP contribution in [0.1, 0.15) is 37.6 Å². The highest BCUT2D eigenvalue weighted by Crippen LogP contribution is 2.18. The second-order valence-electron chi connectivity index (χ2n) is 7.82. The van der Waals surface area contributed by atoms with Crippen LogP contribution < -0.4 is 10.6 Å². The Labute approximate surface area is 165 Å². The average molecular weight is 378 g/mol. The van der Waals surface area contributed by atoms with Crippen LogP contribution in [0, 0.1) is 5.41 Å². The molecule has 6 heteroatoms. The van der Waals surface area contributed by atoms with Crippen molar-refractivity contribution >= 4 is 28.5 Å². The van der Waals surface area contributed by atoms with Crippen molar-refractivity contribution in [2.24, 2.45) is 5.41 Å². The predicted molar refractivity (Wildman–Crippen MR) is 111 cm³/mol. The van der Waals surface area contributed by atoms with Crippen molar-refractivity contribution < 1.29 is 9.59 Å². The smallest absolute Gasteiger partial charge is 0.251 e. The van der Waals surface area contributed by atoms with Gasteiger partial charge in [-0.1, -0.05) is 39.0 Å². The number of fused-ring (bicyclic) bond motifs is 1. The molecule has 0 saturated heterocycles. The SMILES string of the molecule is CC(C)(C)C(=O)Nc1cccc(C(=O)NCCCn2cnc3ccccc32)c1. The number of nitrogens with zero attached hydrogens (tertiary/aromatic N) is 2. The van der Waals surface area contributed by atoms with Crippen molar-refractivity contribution in [3.8, 4) is 0 Å². The first-order chi connectivity index (χ1) is 13.3. The number of hydrogen-bond donors (Lipinski definition) is 2. The maximum absolute atomic E-state index is 12.4. The monoisotopic (exact) mass is 378 g/mol. The van der Waals surface area contributed by atoms with E-state index in [0.29, 0.717) is 17.8 Å². The number of para-hydroxylation sites is 2. The number of anilines is 1. The number of rotatable bonds is 6. The summed E-state index contributed by atoms with van der Waals surface area (Å²) in [4.78, 5) is 28.9. The molecule has 2 aromatic carbocycles. The van der Waals surface area contributed by atoms with Crippen molar-refractivity contribution in [3.63, 3.8) is 0 Å². The molecule has 0 bridgehead atoms. The fourth-order valence-electron chi connectivity index (χ4n) is 2.80. The number of hydrogen-bond acceptors (Lipinski definition) is 3. The molecule has 0 saturated carbocycles. The van der Waals surface area contributed by atoms with E-state index in [0.717, 1.165) is 24.0 Å². The second kappa shape index (κ2) is 8.25. The van der Waals surface area contributed by atoms with E-state index >= 15 is 0 Å². The lowest BCUT2D eigenvalue weighted by molar-refractivity contribution is -0.123. The van der Waals surface area contributed by atoms with Crippen LogP contribution >= 0.6 is 0 Å². The normalized spacial score (nSPS) is 11.4. The van der Waals surface area contributed by atoms with Crippen LogP contribution in [0.2, 0.25) is 0 Å². The largest absolute Gasteiger partial charge is 0.352 e. The molecule has 2 amide bonds. The summed E-state index contributed by atoms with van der Waals surface area (Å²) in [5.74, 6) is -0.236. The predicted octanol–water partition coefficient (Wildman–Crippen LogP) is 3.84. The van der Waals surface area contributed by atoms with E-state index in [4.69, 9.17) is 0 Å². The van der Waals surface area contributed by atoms with E-state index in [1.54, 1.807) is 24.3 Å². The van der Waals surface area contributed by atoms with Gasteiger partial charge >= 0.3 is 0 Å². The van der Waals surface area contributed by atoms with E-state index < -0.39 is 5.41 Å². The van der Waals surface area contributed by atoms with Gasteiger partial charge in [0.25, 0.3) is 5.91 Å². The molecule has 146 valence electrons. The molecule has 1 heterocycles. The van der Waals surface area contributed by atoms with Crippen molar-refractivity contribution in [1.82, 2.24) is 14.9 Å². The Morgan fingerprint density at radius 1 is 1.07 bits per heavy atom. The summed E-state index contributed by atoms with van der Waals surface area (Å²) in [6.45, 7) is 6.89. The summed E-state index contributed by atoms with van der Waals surface area (Å²) >= 11 is 0. The highest BCUT2D eigenvalue weighted by molar-refractivity contribution is 5.98. The van der Waals surface area contributed by atoms with Gasteiger partial charge in [0.1, 0.15) is 0 Å². The van der Waals surface area contributed by atoms with Gasteiger partial charge in [0.05, 0.1) is 17.4 Å². The van der Waals surface area contributed by atoms with Gasteiger partial charge in [-0.05, 0) is 36.8 Å². The Kier molecular flexibility index (Phi) is 5.78. The molecule has 0 aliphatic heterocycles. The van der Waals surface area contributed by atoms with Crippen LogP contribution in [0.15, 0.2) is 54.9 Å². The fraction of sp³-hybridized carbons (Fsp3) is 0.318. The second-order valence-corrected chi connectivity index (χ2v) is 7.82. The van der Waals surface area contributed by atoms with Crippen LogP contribution in [-0.4, -0.2) is 27.9 Å². The third-order valence-electron chi connectivity index (χ3n) is 4.45. The maximum Gasteiger partial charge on any atom is 0.251 e. The van der Waals surface area contributed by atoms with Gasteiger partial charge in [0.2, 0.25) is 5.91 Å². The highest BCUT2D eigenvalue weighted by atomic mass is 16.2. The summed E-state index contributed by atoms with van der Waals surface area (Å²) in [6.07, 6.45) is 2.63. The number of aromatic nitrogens is 2. The molecule has 6 nitrogen and oxygen atoms in total. The molecule has 3 rings (SSSR count). The minimum Gasteiger partial charge on any atom is -0.352 e. The van der Waals surface area contributed by atoms with Crippen LogP contribution in [0.3, 0.4) is 0 Å². The fourth-order valence-corrected chi connectivity index (χ4v) is 2.80. The number of aryl methyl sites for hydroxylation is 1. The molecule has 28 heavy (non-hydrogen) atoms. The molecule has 0 unspecified atom stereocenters. The lowest BCUT2D eigenvalue weighted by Gasteiger charge is -2.18. The zero-order chi connectivity index (χ0) is 20.1. The molecule has 0 fully saturated rings. The van der Waals surface area contributed by atoms with E-state index in [2.05, 4.69) is 20.2 Å². The maximum atomic E-state index is 12.4. The van der Waals surface area contributed by atoms with Crippen molar-refractivity contribution in [1.29, 1.82) is 0 Å². The number of carbonyl (C=O) groups excluding carboxylic acids is 2. The van der Waals surface area contributed by atoms with E-state index in [-0.39, 0.29) is 11.8 Å². The number of amides is 2. The first kappa shape index (κ1) is 19.6. The Hall–Kier alpha value is -3.15. The summed E-state index contributed by atoms with van der Waals surface area (Å²) in [6, 6.07) is 15.0. The first-order valence-corrected chi connectivity index (χ1v) is 9.44. The third kappa shape index (κ3) is 4.76. The summed E-state index contributed by atoms with van der Waals surface area (Å²) in [7, 11) is 0. The minimum atomic E-state index is -0.490. The molecule has 0 aliphatic rings. The highest BCUT2D eigenvalue weighted by Gasteiger charge is 2.21. The zero-order valence-corrected chi connectivity index (χ0v) is 16.5. The first-order valence-electron chi connectivity index (χ1n) is 9.44. The quantitative estimate of drug-likeness (QED) is 0.640. The Balaban J connectivity index is 1.52. The molecule has 0 atom stereocenters. The van der Waals surface area contributed by atoms with Crippen LogP contribution in [0.4, 0.5) is 5.69 Å². The topological polar surface area (TPSA) is 76.0 Å². The Morgan fingerprint density at radius 2 is 1.86 bits per heavy atom. The molecule has 0 aliphatic carbocycles. The summed E-state index contributed by atoms with van der Waals surface area (Å²) < 4.78 is 2.09. The van der Waals surface area contributed by atoms with Crippen molar-refractivity contribution in [2.45, 2.75) is 33.7 Å². The van der Waals surface area contributed by atoms with Crippen molar-refractivity contribution in [2.75, 3.05) is 11.9 Å². The van der Waals surface area contributed by atoms with Gasteiger partial charge in [0, 0.05) is 29.8 Å². The lowest BCUT2D eigenvalue weighted by atomic mass is 9.95. The van der Waals surface area contributed by atoms with Crippen molar-refractivity contribution in [3.05, 3.63) is 60.4 Å². The summed E-state index contributed by atoms with van der Waals surface area (Å²) in [5, 5.41) is 5.79. The van der Waals surface area contributed by atoms with Gasteiger partial charge in [-0.2, -0.15) is 0 Å². The minimum absolute atomic E-state index is 0.0855. The number of imidazole rings is 1. The molecular weight excluding hydrogens is 352 g/mol. The summed E-state index contributed by atoms with van der Waals surface area (Å²) in [5.41, 5.74) is 2.73. The standard InChI is InChI=1S/C22H26N4O2/c1-22(2,3)21(28)25-17-9-6-8-16(14-17)20(27)23-12-7-13-26-15-24-18-10-4-5-11-19(18)26/h4-6,8-11,14-15H,7,12-13H2,1-3H3,(H,23,27)(H,25,28). The third-order valence-corrected chi connectivity index (χ3v) is 4.45. The Bertz CT molecular complexity index is 985. The number of nitrogens with one attached hydrogen (secondary N) is 2. The molecule has 3 aromatic rings. The van der Waals surface area contributed by atoms with Gasteiger partial charge in [-0.15, -0.1) is 0 Å². The number of carbonyl (C=O) groups is 2. The molecule has 1 aromatic heterocycles. The van der Waals surface area contributed by atoms with Crippen LogP contribution in [0.5, 0.6) is 0 Å². The average Bonchev–Trinajstić information content (AvgIpc) is 3.08. The molecular formula is C22H26N4O2.